The summed E-state index contributed by atoms with van der Waals surface area (Å²) in [5, 5.41) is 9.04. The highest BCUT2D eigenvalue weighted by Gasteiger charge is 2.30. The Labute approximate surface area is 145 Å². The van der Waals surface area contributed by atoms with Crippen LogP contribution in [0, 0.1) is 0 Å². The fourth-order valence-electron chi connectivity index (χ4n) is 2.43. The number of benzene rings is 1. The Morgan fingerprint density at radius 3 is 2.21 bits per heavy atom. The van der Waals surface area contributed by atoms with Crippen LogP contribution in [-0.2, 0) is 20.0 Å². The molecule has 1 saturated heterocycles. The molecule has 0 aliphatic carbocycles. The van der Waals surface area contributed by atoms with Crippen molar-refractivity contribution in [2.75, 3.05) is 32.4 Å². The molecular formula is C13H17ClN2O6S2. The molecule has 0 atom stereocenters. The minimum Gasteiger partial charge on any atom is -0.478 e. The SMILES string of the molecule is CS(=O)(=O)N1CCCN(S(=O)(=O)c2cc(Cl)cc(C(=O)O)c2)CC1. The summed E-state index contributed by atoms with van der Waals surface area (Å²) in [6.45, 7) is 0.415. The monoisotopic (exact) mass is 396 g/mol. The summed E-state index contributed by atoms with van der Waals surface area (Å²) in [6, 6.07) is 3.39. The Morgan fingerprint density at radius 1 is 1.04 bits per heavy atom. The van der Waals surface area contributed by atoms with Crippen molar-refractivity contribution >= 4 is 37.6 Å². The van der Waals surface area contributed by atoms with Gasteiger partial charge in [-0.05, 0) is 24.6 Å². The maximum absolute atomic E-state index is 12.7. The minimum absolute atomic E-state index is 0.000981. The largest absolute Gasteiger partial charge is 0.478 e. The Balaban J connectivity index is 2.32. The zero-order valence-corrected chi connectivity index (χ0v) is 15.2. The molecule has 11 heteroatoms. The number of carboxylic acid groups (broad SMARTS) is 1. The van der Waals surface area contributed by atoms with Crippen molar-refractivity contribution in [2.45, 2.75) is 11.3 Å². The van der Waals surface area contributed by atoms with E-state index in [4.69, 9.17) is 16.7 Å². The second kappa shape index (κ2) is 6.96. The lowest BCUT2D eigenvalue weighted by Gasteiger charge is -2.21. The van der Waals surface area contributed by atoms with Gasteiger partial charge in [0.1, 0.15) is 0 Å². The first kappa shape index (κ1) is 19.1. The average molecular weight is 397 g/mol. The number of hydrogen-bond donors (Lipinski definition) is 1. The van der Waals surface area contributed by atoms with Crippen molar-refractivity contribution in [2.24, 2.45) is 0 Å². The lowest BCUT2D eigenvalue weighted by atomic mass is 10.2. The second-order valence-electron chi connectivity index (χ2n) is 5.40. The first-order valence-corrected chi connectivity index (χ1v) is 10.7. The van der Waals surface area contributed by atoms with Crippen molar-refractivity contribution in [3.8, 4) is 0 Å². The van der Waals surface area contributed by atoms with Gasteiger partial charge in [-0.25, -0.2) is 25.9 Å². The maximum atomic E-state index is 12.7. The third kappa shape index (κ3) is 4.25. The topological polar surface area (TPSA) is 112 Å². The van der Waals surface area contributed by atoms with Gasteiger partial charge in [0.15, 0.2) is 0 Å². The smallest absolute Gasteiger partial charge is 0.335 e. The van der Waals surface area contributed by atoms with Crippen molar-refractivity contribution in [3.63, 3.8) is 0 Å². The molecule has 1 aromatic rings. The number of hydrogen-bond acceptors (Lipinski definition) is 5. The summed E-state index contributed by atoms with van der Waals surface area (Å²) in [5.41, 5.74) is -0.228. The fraction of sp³-hybridized carbons (Fsp3) is 0.462. The van der Waals surface area contributed by atoms with Crippen molar-refractivity contribution in [3.05, 3.63) is 28.8 Å². The van der Waals surface area contributed by atoms with E-state index in [1.54, 1.807) is 0 Å². The van der Waals surface area contributed by atoms with Crippen LogP contribution in [0.1, 0.15) is 16.8 Å². The van der Waals surface area contributed by atoms with Gasteiger partial charge in [0.2, 0.25) is 20.0 Å². The van der Waals surface area contributed by atoms with Gasteiger partial charge in [0, 0.05) is 31.2 Å². The number of carbonyl (C=O) groups is 1. The van der Waals surface area contributed by atoms with Gasteiger partial charge < -0.3 is 5.11 Å². The highest BCUT2D eigenvalue weighted by Crippen LogP contribution is 2.23. The quantitative estimate of drug-likeness (QED) is 0.801. The highest BCUT2D eigenvalue weighted by atomic mass is 35.5. The van der Waals surface area contributed by atoms with Crippen LogP contribution in [0.15, 0.2) is 23.1 Å². The van der Waals surface area contributed by atoms with E-state index >= 15 is 0 Å². The van der Waals surface area contributed by atoms with E-state index < -0.39 is 26.0 Å². The second-order valence-corrected chi connectivity index (χ2v) is 9.76. The van der Waals surface area contributed by atoms with Gasteiger partial charge in [-0.15, -0.1) is 0 Å². The normalized spacial score (nSPS) is 18.2. The zero-order valence-electron chi connectivity index (χ0n) is 12.8. The molecule has 0 aromatic heterocycles. The van der Waals surface area contributed by atoms with Gasteiger partial charge in [-0.1, -0.05) is 11.6 Å². The molecular weight excluding hydrogens is 380 g/mol. The third-order valence-electron chi connectivity index (χ3n) is 3.64. The summed E-state index contributed by atoms with van der Waals surface area (Å²) in [7, 11) is -7.36. The van der Waals surface area contributed by atoms with E-state index in [1.165, 1.54) is 10.4 Å². The predicted molar refractivity (Wildman–Crippen MR) is 88.2 cm³/mol. The lowest BCUT2D eigenvalue weighted by molar-refractivity contribution is 0.0696. The van der Waals surface area contributed by atoms with E-state index in [0.29, 0.717) is 6.42 Å². The molecule has 1 aromatic carbocycles. The van der Waals surface area contributed by atoms with Gasteiger partial charge >= 0.3 is 5.97 Å². The summed E-state index contributed by atoms with van der Waals surface area (Å²) in [6.07, 6.45) is 1.42. The molecule has 0 saturated carbocycles. The van der Waals surface area contributed by atoms with E-state index in [2.05, 4.69) is 0 Å². The standard InChI is InChI=1S/C13H17ClN2O6S2/c1-23(19,20)15-3-2-4-16(6-5-15)24(21,22)12-8-10(13(17)18)7-11(14)9-12/h7-9H,2-6H2,1H3,(H,17,18). The molecule has 8 nitrogen and oxygen atoms in total. The number of sulfonamides is 2. The third-order valence-corrected chi connectivity index (χ3v) is 7.04. The molecule has 0 radical (unpaired) electrons. The Morgan fingerprint density at radius 2 is 1.62 bits per heavy atom. The van der Waals surface area contributed by atoms with Crippen molar-refractivity contribution < 1.29 is 26.7 Å². The minimum atomic E-state index is -3.97. The first-order valence-electron chi connectivity index (χ1n) is 7.01. The summed E-state index contributed by atoms with van der Waals surface area (Å²) in [5.74, 6) is -1.28. The predicted octanol–water partition coefficient (Wildman–Crippen LogP) is 0.694. The van der Waals surface area contributed by atoms with Crippen LogP contribution in [0.3, 0.4) is 0 Å². The molecule has 134 valence electrons. The van der Waals surface area contributed by atoms with Crippen molar-refractivity contribution in [1.29, 1.82) is 0 Å². The number of carboxylic acids is 1. The zero-order chi connectivity index (χ0) is 18.1. The molecule has 1 fully saturated rings. The van der Waals surface area contributed by atoms with Gasteiger partial charge in [0.05, 0.1) is 16.7 Å². The Bertz CT molecular complexity index is 853. The van der Waals surface area contributed by atoms with Crippen LogP contribution in [0.4, 0.5) is 0 Å². The summed E-state index contributed by atoms with van der Waals surface area (Å²) >= 11 is 5.82. The lowest BCUT2D eigenvalue weighted by Crippen LogP contribution is -2.37. The molecule has 1 heterocycles. The van der Waals surface area contributed by atoms with Crippen LogP contribution in [0.5, 0.6) is 0 Å². The van der Waals surface area contributed by atoms with Crippen LogP contribution in [-0.4, -0.2) is 69.0 Å². The van der Waals surface area contributed by atoms with E-state index in [-0.39, 0.29) is 41.7 Å². The van der Waals surface area contributed by atoms with Crippen LogP contribution in [0.2, 0.25) is 5.02 Å². The molecule has 0 amide bonds. The number of halogens is 1. The molecule has 0 bridgehead atoms. The van der Waals surface area contributed by atoms with Gasteiger partial charge in [-0.3, -0.25) is 0 Å². The average Bonchev–Trinajstić information content (AvgIpc) is 2.72. The van der Waals surface area contributed by atoms with E-state index in [9.17, 15) is 21.6 Å². The highest BCUT2D eigenvalue weighted by molar-refractivity contribution is 7.89. The van der Waals surface area contributed by atoms with E-state index in [1.807, 2.05) is 0 Å². The van der Waals surface area contributed by atoms with Gasteiger partial charge in [0.25, 0.3) is 0 Å². The first-order chi connectivity index (χ1) is 11.0. The molecule has 24 heavy (non-hydrogen) atoms. The molecule has 2 rings (SSSR count). The molecule has 1 aliphatic heterocycles. The molecule has 0 unspecified atom stereocenters. The molecule has 0 spiro atoms. The Hall–Kier alpha value is -1.20. The number of rotatable bonds is 4. The van der Waals surface area contributed by atoms with Crippen LogP contribution < -0.4 is 0 Å². The maximum Gasteiger partial charge on any atom is 0.335 e. The molecule has 1 aliphatic rings. The Kier molecular flexibility index (Phi) is 5.55. The molecule has 1 N–H and O–H groups in total. The summed E-state index contributed by atoms with van der Waals surface area (Å²) < 4.78 is 51.0. The van der Waals surface area contributed by atoms with Crippen molar-refractivity contribution in [1.82, 2.24) is 8.61 Å². The van der Waals surface area contributed by atoms with Crippen LogP contribution in [0.25, 0.3) is 0 Å². The fourth-order valence-corrected chi connectivity index (χ4v) is 5.14. The van der Waals surface area contributed by atoms with E-state index in [0.717, 1.165) is 22.7 Å². The number of nitrogens with zero attached hydrogens (tertiary/aromatic N) is 2. The van der Waals surface area contributed by atoms with Gasteiger partial charge in [-0.2, -0.15) is 4.31 Å². The summed E-state index contributed by atoms with van der Waals surface area (Å²) in [4.78, 5) is 10.9. The van der Waals surface area contributed by atoms with Crippen LogP contribution >= 0.6 is 11.6 Å². The number of aromatic carboxylic acids is 1.